The van der Waals surface area contributed by atoms with Gasteiger partial charge in [0.05, 0.1) is 34.6 Å². The van der Waals surface area contributed by atoms with Gasteiger partial charge in [0.25, 0.3) is 0 Å². The van der Waals surface area contributed by atoms with Crippen LogP contribution in [0.3, 0.4) is 0 Å². The van der Waals surface area contributed by atoms with Gasteiger partial charge in [-0.15, -0.1) is 11.3 Å². The van der Waals surface area contributed by atoms with Crippen LogP contribution < -0.4 is 4.74 Å². The van der Waals surface area contributed by atoms with E-state index in [1.54, 1.807) is 13.3 Å². The number of rotatable bonds is 2. The molecule has 2 aromatic carbocycles. The summed E-state index contributed by atoms with van der Waals surface area (Å²) in [6.45, 7) is 1.96. The maximum Gasteiger partial charge on any atom is 0.232 e. The summed E-state index contributed by atoms with van der Waals surface area (Å²) in [6, 6.07) is 6.51. The van der Waals surface area contributed by atoms with Crippen molar-refractivity contribution in [3.63, 3.8) is 0 Å². The molecule has 0 saturated heterocycles. The first kappa shape index (κ1) is 14.8. The van der Waals surface area contributed by atoms with Crippen molar-refractivity contribution in [3.8, 4) is 22.2 Å². The number of benzene rings is 2. The molecule has 0 amide bonds. The fourth-order valence-electron chi connectivity index (χ4n) is 2.56. The van der Waals surface area contributed by atoms with Crippen LogP contribution in [0.2, 0.25) is 0 Å². The second-order valence-electron chi connectivity index (χ2n) is 5.38. The minimum Gasteiger partial charge on any atom is -0.505 e. The van der Waals surface area contributed by atoms with Crippen LogP contribution in [0.5, 0.6) is 11.6 Å². The van der Waals surface area contributed by atoms with Crippen molar-refractivity contribution >= 4 is 32.6 Å². The average Bonchev–Trinajstić information content (AvgIpc) is 2.96. The Morgan fingerprint density at radius 3 is 2.75 bits per heavy atom. The van der Waals surface area contributed by atoms with Crippen LogP contribution in [-0.2, 0) is 0 Å². The zero-order valence-electron chi connectivity index (χ0n) is 12.9. The summed E-state index contributed by atoms with van der Waals surface area (Å²) in [7, 11) is 1.54. The number of ether oxygens (including phenoxy) is 1. The van der Waals surface area contributed by atoms with Crippen molar-refractivity contribution in [1.82, 2.24) is 15.0 Å². The minimum atomic E-state index is -0.682. The van der Waals surface area contributed by atoms with Gasteiger partial charge in [-0.05, 0) is 24.6 Å². The standard InChI is InChI=1S/C17H12FN3O2S/c1-8-3-9(16-12(4-8)20-15(23-2)7-19-16)17-21-11-5-10(18)13(22)6-14(11)24-17/h3-7,22H,1-2H3. The Labute approximate surface area is 140 Å². The Kier molecular flexibility index (Phi) is 3.31. The number of phenolic OH excluding ortho intramolecular Hbond substituents is 1. The SMILES string of the molecule is COc1cnc2c(-c3nc4cc(F)c(O)cc4s3)cc(C)cc2n1. The van der Waals surface area contributed by atoms with Gasteiger partial charge in [-0.2, -0.15) is 0 Å². The van der Waals surface area contributed by atoms with E-state index in [-0.39, 0.29) is 5.75 Å². The number of aromatic hydroxyl groups is 1. The van der Waals surface area contributed by atoms with E-state index in [0.717, 1.165) is 11.1 Å². The van der Waals surface area contributed by atoms with Crippen LogP contribution in [0.4, 0.5) is 4.39 Å². The lowest BCUT2D eigenvalue weighted by Gasteiger charge is -2.06. The highest BCUT2D eigenvalue weighted by atomic mass is 32.1. The molecule has 0 atom stereocenters. The fourth-order valence-corrected chi connectivity index (χ4v) is 3.56. The number of methoxy groups -OCH3 is 1. The Hall–Kier alpha value is -2.80. The summed E-state index contributed by atoms with van der Waals surface area (Å²) < 4.78 is 19.4. The topological polar surface area (TPSA) is 68.1 Å². The lowest BCUT2D eigenvalue weighted by molar-refractivity contribution is 0.397. The summed E-state index contributed by atoms with van der Waals surface area (Å²) in [5.74, 6) is -0.621. The maximum atomic E-state index is 13.5. The molecule has 0 aliphatic heterocycles. The number of aryl methyl sites for hydroxylation is 1. The molecule has 0 unspecified atom stereocenters. The largest absolute Gasteiger partial charge is 0.505 e. The summed E-state index contributed by atoms with van der Waals surface area (Å²) >= 11 is 1.37. The molecule has 4 rings (SSSR count). The highest BCUT2D eigenvalue weighted by Gasteiger charge is 2.15. The summed E-state index contributed by atoms with van der Waals surface area (Å²) in [5, 5.41) is 10.2. The van der Waals surface area contributed by atoms with Crippen LogP contribution in [0.1, 0.15) is 5.56 Å². The van der Waals surface area contributed by atoms with Crippen LogP contribution >= 0.6 is 11.3 Å². The molecular weight excluding hydrogens is 329 g/mol. The van der Waals surface area contributed by atoms with Gasteiger partial charge in [0.15, 0.2) is 11.6 Å². The van der Waals surface area contributed by atoms with Crippen molar-refractivity contribution in [2.75, 3.05) is 7.11 Å². The van der Waals surface area contributed by atoms with Crippen LogP contribution in [0, 0.1) is 12.7 Å². The number of nitrogens with zero attached hydrogens (tertiary/aromatic N) is 3. The number of fused-ring (bicyclic) bond motifs is 2. The van der Waals surface area contributed by atoms with Gasteiger partial charge in [0, 0.05) is 17.7 Å². The van der Waals surface area contributed by atoms with Crippen molar-refractivity contribution in [2.24, 2.45) is 0 Å². The smallest absolute Gasteiger partial charge is 0.232 e. The molecule has 2 aromatic heterocycles. The molecule has 7 heteroatoms. The molecule has 4 aromatic rings. The zero-order valence-corrected chi connectivity index (χ0v) is 13.7. The Morgan fingerprint density at radius 2 is 1.96 bits per heavy atom. The van der Waals surface area contributed by atoms with Gasteiger partial charge < -0.3 is 9.84 Å². The van der Waals surface area contributed by atoms with Crippen molar-refractivity contribution in [1.29, 1.82) is 0 Å². The van der Waals surface area contributed by atoms with E-state index in [9.17, 15) is 9.50 Å². The first-order valence-corrected chi connectivity index (χ1v) is 7.97. The molecule has 0 saturated carbocycles. The third-order valence-electron chi connectivity index (χ3n) is 3.67. The van der Waals surface area contributed by atoms with Crippen molar-refractivity contribution in [3.05, 3.63) is 41.8 Å². The minimum absolute atomic E-state index is 0.378. The number of hydrogen-bond acceptors (Lipinski definition) is 6. The third kappa shape index (κ3) is 2.33. The third-order valence-corrected chi connectivity index (χ3v) is 4.72. The van der Waals surface area contributed by atoms with Crippen LogP contribution in [0.25, 0.3) is 31.8 Å². The normalized spacial score (nSPS) is 11.3. The van der Waals surface area contributed by atoms with Crippen molar-refractivity contribution < 1.29 is 14.2 Å². The Bertz CT molecular complexity index is 1060. The highest BCUT2D eigenvalue weighted by molar-refractivity contribution is 7.21. The van der Waals surface area contributed by atoms with E-state index in [0.29, 0.717) is 32.1 Å². The molecule has 120 valence electrons. The number of hydrogen-bond donors (Lipinski definition) is 1. The second-order valence-corrected chi connectivity index (χ2v) is 6.41. The van der Waals surface area contributed by atoms with E-state index < -0.39 is 5.82 Å². The molecule has 0 aliphatic rings. The highest BCUT2D eigenvalue weighted by Crippen LogP contribution is 2.36. The summed E-state index contributed by atoms with van der Waals surface area (Å²) in [4.78, 5) is 13.3. The van der Waals surface area contributed by atoms with E-state index in [4.69, 9.17) is 4.74 Å². The number of phenols is 1. The number of aromatic nitrogens is 3. The number of thiazole rings is 1. The Morgan fingerprint density at radius 1 is 1.12 bits per heavy atom. The maximum absolute atomic E-state index is 13.5. The average molecular weight is 341 g/mol. The molecule has 1 N–H and O–H groups in total. The van der Waals surface area contributed by atoms with Gasteiger partial charge in [-0.3, -0.25) is 0 Å². The van der Waals surface area contributed by atoms with Crippen LogP contribution in [0.15, 0.2) is 30.5 Å². The molecule has 2 heterocycles. The molecule has 0 bridgehead atoms. The molecule has 0 spiro atoms. The predicted molar refractivity (Wildman–Crippen MR) is 91.1 cm³/mol. The van der Waals surface area contributed by atoms with E-state index >= 15 is 0 Å². The molecule has 5 nitrogen and oxygen atoms in total. The Balaban J connectivity index is 1.98. The van der Waals surface area contributed by atoms with Crippen molar-refractivity contribution in [2.45, 2.75) is 6.92 Å². The first-order chi connectivity index (χ1) is 11.5. The first-order valence-electron chi connectivity index (χ1n) is 7.16. The monoisotopic (exact) mass is 341 g/mol. The summed E-state index contributed by atoms with van der Waals surface area (Å²) in [5.41, 5.74) is 3.73. The molecular formula is C17H12FN3O2S. The van der Waals surface area contributed by atoms with Gasteiger partial charge >= 0.3 is 0 Å². The molecule has 24 heavy (non-hydrogen) atoms. The number of halogens is 1. The van der Waals surface area contributed by atoms with E-state index in [2.05, 4.69) is 15.0 Å². The van der Waals surface area contributed by atoms with Gasteiger partial charge in [0.1, 0.15) is 5.01 Å². The van der Waals surface area contributed by atoms with E-state index in [1.165, 1.54) is 23.5 Å². The van der Waals surface area contributed by atoms with Crippen LogP contribution in [-0.4, -0.2) is 27.2 Å². The van der Waals surface area contributed by atoms with Gasteiger partial charge in [-0.1, -0.05) is 0 Å². The quantitative estimate of drug-likeness (QED) is 0.595. The predicted octanol–water partition coefficient (Wildman–Crippen LogP) is 4.07. The second kappa shape index (κ2) is 5.38. The summed E-state index contributed by atoms with van der Waals surface area (Å²) in [6.07, 6.45) is 1.56. The lowest BCUT2D eigenvalue weighted by atomic mass is 10.1. The lowest BCUT2D eigenvalue weighted by Crippen LogP contribution is -1.93. The fraction of sp³-hybridized carbons (Fsp3) is 0.118. The van der Waals surface area contributed by atoms with E-state index in [1.807, 2.05) is 19.1 Å². The van der Waals surface area contributed by atoms with Gasteiger partial charge in [0.2, 0.25) is 5.88 Å². The molecule has 0 aliphatic carbocycles. The zero-order chi connectivity index (χ0) is 16.8. The van der Waals surface area contributed by atoms with Gasteiger partial charge in [-0.25, -0.2) is 19.3 Å². The molecule has 0 radical (unpaired) electrons. The molecule has 0 fully saturated rings.